The number of anilines is 1. The maximum atomic E-state index is 11.9. The lowest BCUT2D eigenvalue weighted by Crippen LogP contribution is -2.32. The third-order valence-electron chi connectivity index (χ3n) is 3.46. The van der Waals surface area contributed by atoms with Gasteiger partial charge in [-0.3, -0.25) is 14.8 Å². The van der Waals surface area contributed by atoms with Gasteiger partial charge >= 0.3 is 0 Å². The van der Waals surface area contributed by atoms with Crippen LogP contribution in [0, 0.1) is 19.8 Å². The number of carbonyl (C=O) groups excluding carboxylic acids is 1. The summed E-state index contributed by atoms with van der Waals surface area (Å²) < 4.78 is 0. The minimum Gasteiger partial charge on any atom is -0.330 e. The van der Waals surface area contributed by atoms with Gasteiger partial charge in [-0.2, -0.15) is 5.10 Å². The number of H-pyrrole nitrogens is 1. The van der Waals surface area contributed by atoms with E-state index in [0.29, 0.717) is 19.0 Å². The maximum absolute atomic E-state index is 11.9. The Morgan fingerprint density at radius 3 is 2.94 bits per heavy atom. The number of aromatic nitrogens is 2. The molecular formula is C12H21N5O. The average Bonchev–Trinajstić information content (AvgIpc) is 2.91. The van der Waals surface area contributed by atoms with Gasteiger partial charge in [0.1, 0.15) is 0 Å². The van der Waals surface area contributed by atoms with Gasteiger partial charge in [-0.15, -0.1) is 0 Å². The van der Waals surface area contributed by atoms with Crippen molar-refractivity contribution in [2.45, 2.75) is 20.3 Å². The zero-order valence-corrected chi connectivity index (χ0v) is 11.0. The first-order valence-corrected chi connectivity index (χ1v) is 6.34. The van der Waals surface area contributed by atoms with Gasteiger partial charge in [-0.25, -0.2) is 0 Å². The zero-order chi connectivity index (χ0) is 13.1. The summed E-state index contributed by atoms with van der Waals surface area (Å²) in [5, 5.41) is 9.83. The lowest BCUT2D eigenvalue weighted by molar-refractivity contribution is -0.117. The molecule has 1 amide bonds. The predicted molar refractivity (Wildman–Crippen MR) is 70.3 cm³/mol. The third kappa shape index (κ3) is 2.88. The van der Waals surface area contributed by atoms with E-state index in [1.54, 1.807) is 0 Å². The SMILES string of the molecule is Cc1n[nH]c(C)c1NC(=O)CN1CCC(CN)C1. The van der Waals surface area contributed by atoms with E-state index in [1.807, 2.05) is 13.8 Å². The topological polar surface area (TPSA) is 87.0 Å². The van der Waals surface area contributed by atoms with Gasteiger partial charge in [-0.05, 0) is 39.3 Å². The van der Waals surface area contributed by atoms with Crippen LogP contribution < -0.4 is 11.1 Å². The normalized spacial score (nSPS) is 20.3. The average molecular weight is 251 g/mol. The lowest BCUT2D eigenvalue weighted by Gasteiger charge is -2.15. The zero-order valence-electron chi connectivity index (χ0n) is 11.0. The Balaban J connectivity index is 1.86. The van der Waals surface area contributed by atoms with Crippen molar-refractivity contribution in [2.75, 3.05) is 31.5 Å². The molecule has 6 nitrogen and oxygen atoms in total. The van der Waals surface area contributed by atoms with Crippen LogP contribution in [0.5, 0.6) is 0 Å². The van der Waals surface area contributed by atoms with Gasteiger partial charge in [0.05, 0.1) is 23.6 Å². The summed E-state index contributed by atoms with van der Waals surface area (Å²) in [6, 6.07) is 0. The molecule has 0 saturated carbocycles. The molecule has 1 aromatic heterocycles. The van der Waals surface area contributed by atoms with Crippen molar-refractivity contribution in [3.63, 3.8) is 0 Å². The second kappa shape index (κ2) is 5.49. The Kier molecular flexibility index (Phi) is 3.98. The van der Waals surface area contributed by atoms with Gasteiger partial charge < -0.3 is 11.1 Å². The van der Waals surface area contributed by atoms with Crippen molar-refractivity contribution in [3.8, 4) is 0 Å². The van der Waals surface area contributed by atoms with Crippen molar-refractivity contribution in [1.82, 2.24) is 15.1 Å². The standard InChI is InChI=1S/C12H21N5O/c1-8-12(9(2)16-15-8)14-11(18)7-17-4-3-10(5-13)6-17/h10H,3-7,13H2,1-2H3,(H,14,18)(H,15,16). The Bertz CT molecular complexity index is 409. The van der Waals surface area contributed by atoms with Crippen molar-refractivity contribution in [2.24, 2.45) is 11.7 Å². The molecule has 0 aromatic carbocycles. The van der Waals surface area contributed by atoms with Gasteiger partial charge in [-0.1, -0.05) is 0 Å². The molecule has 2 rings (SSSR count). The Morgan fingerprint density at radius 1 is 1.61 bits per heavy atom. The fourth-order valence-corrected chi connectivity index (χ4v) is 2.37. The van der Waals surface area contributed by atoms with Crippen LogP contribution in [0.1, 0.15) is 17.8 Å². The molecule has 0 spiro atoms. The number of nitrogens with two attached hydrogens (primary N) is 1. The molecule has 4 N–H and O–H groups in total. The van der Waals surface area contributed by atoms with Crippen LogP contribution in [-0.4, -0.2) is 47.2 Å². The second-order valence-electron chi connectivity index (χ2n) is 4.98. The molecule has 1 aliphatic rings. The smallest absolute Gasteiger partial charge is 0.238 e. The van der Waals surface area contributed by atoms with E-state index >= 15 is 0 Å². The van der Waals surface area contributed by atoms with E-state index in [-0.39, 0.29) is 5.91 Å². The molecule has 18 heavy (non-hydrogen) atoms. The predicted octanol–water partition coefficient (Wildman–Crippen LogP) is 0.246. The van der Waals surface area contributed by atoms with Crippen LogP contribution in [0.4, 0.5) is 5.69 Å². The van der Waals surface area contributed by atoms with E-state index in [9.17, 15) is 4.79 Å². The molecule has 0 bridgehead atoms. The highest BCUT2D eigenvalue weighted by molar-refractivity contribution is 5.93. The third-order valence-corrected chi connectivity index (χ3v) is 3.46. The van der Waals surface area contributed by atoms with Gasteiger partial charge in [0.2, 0.25) is 5.91 Å². The van der Waals surface area contributed by atoms with Crippen LogP contribution in [0.15, 0.2) is 0 Å². The summed E-state index contributed by atoms with van der Waals surface area (Å²) in [6.45, 7) is 6.79. The fraction of sp³-hybridized carbons (Fsp3) is 0.667. The van der Waals surface area contributed by atoms with Gasteiger partial charge in [0.25, 0.3) is 0 Å². The highest BCUT2D eigenvalue weighted by Gasteiger charge is 2.23. The van der Waals surface area contributed by atoms with Gasteiger partial charge in [0.15, 0.2) is 0 Å². The summed E-state index contributed by atoms with van der Waals surface area (Å²) >= 11 is 0. The molecule has 1 aromatic rings. The summed E-state index contributed by atoms with van der Waals surface area (Å²) in [5.74, 6) is 0.551. The van der Waals surface area contributed by atoms with E-state index in [4.69, 9.17) is 5.73 Å². The summed E-state index contributed by atoms with van der Waals surface area (Å²) in [5.41, 5.74) is 8.15. The first-order valence-electron chi connectivity index (χ1n) is 6.34. The summed E-state index contributed by atoms with van der Waals surface area (Å²) in [4.78, 5) is 14.1. The maximum Gasteiger partial charge on any atom is 0.238 e. The quantitative estimate of drug-likeness (QED) is 0.715. The summed E-state index contributed by atoms with van der Waals surface area (Å²) in [7, 11) is 0. The molecule has 1 unspecified atom stereocenters. The Labute approximate surface area is 107 Å². The molecule has 1 saturated heterocycles. The number of rotatable bonds is 4. The first kappa shape index (κ1) is 13.0. The summed E-state index contributed by atoms with van der Waals surface area (Å²) in [6.07, 6.45) is 1.09. The van der Waals surface area contributed by atoms with Gasteiger partial charge in [0, 0.05) is 6.54 Å². The minimum absolute atomic E-state index is 0.0141. The van der Waals surface area contributed by atoms with Crippen molar-refractivity contribution in [3.05, 3.63) is 11.4 Å². The van der Waals surface area contributed by atoms with Crippen molar-refractivity contribution >= 4 is 11.6 Å². The number of likely N-dealkylation sites (tertiary alicyclic amines) is 1. The number of hydrogen-bond acceptors (Lipinski definition) is 4. The highest BCUT2D eigenvalue weighted by Crippen LogP contribution is 2.17. The van der Waals surface area contributed by atoms with Crippen LogP contribution in [0.2, 0.25) is 0 Å². The number of nitrogens with one attached hydrogen (secondary N) is 2. The molecule has 6 heteroatoms. The van der Waals surface area contributed by atoms with E-state index in [2.05, 4.69) is 20.4 Å². The molecule has 0 aliphatic carbocycles. The molecule has 2 heterocycles. The highest BCUT2D eigenvalue weighted by atomic mass is 16.2. The Hall–Kier alpha value is -1.40. The number of carbonyl (C=O) groups is 1. The molecule has 1 atom stereocenters. The second-order valence-corrected chi connectivity index (χ2v) is 4.98. The largest absolute Gasteiger partial charge is 0.330 e. The van der Waals surface area contributed by atoms with Crippen LogP contribution in [-0.2, 0) is 4.79 Å². The molecule has 0 radical (unpaired) electrons. The first-order chi connectivity index (χ1) is 8.60. The van der Waals surface area contributed by atoms with E-state index in [0.717, 1.165) is 36.6 Å². The lowest BCUT2D eigenvalue weighted by atomic mass is 10.1. The number of hydrogen-bond donors (Lipinski definition) is 3. The Morgan fingerprint density at radius 2 is 2.39 bits per heavy atom. The number of aryl methyl sites for hydroxylation is 2. The molecular weight excluding hydrogens is 230 g/mol. The fourth-order valence-electron chi connectivity index (χ4n) is 2.37. The van der Waals surface area contributed by atoms with E-state index < -0.39 is 0 Å². The van der Waals surface area contributed by atoms with Crippen LogP contribution in [0.25, 0.3) is 0 Å². The number of amides is 1. The van der Waals surface area contributed by atoms with Crippen LogP contribution >= 0.6 is 0 Å². The molecule has 1 aliphatic heterocycles. The number of nitrogens with zero attached hydrogens (tertiary/aromatic N) is 2. The number of aromatic amines is 1. The molecule has 1 fully saturated rings. The van der Waals surface area contributed by atoms with Crippen molar-refractivity contribution in [1.29, 1.82) is 0 Å². The molecule has 100 valence electrons. The minimum atomic E-state index is 0.0141. The van der Waals surface area contributed by atoms with E-state index in [1.165, 1.54) is 0 Å². The van der Waals surface area contributed by atoms with Crippen molar-refractivity contribution < 1.29 is 4.79 Å². The van der Waals surface area contributed by atoms with Crippen LogP contribution in [0.3, 0.4) is 0 Å². The monoisotopic (exact) mass is 251 g/mol.